The predicted molar refractivity (Wildman–Crippen MR) is 110 cm³/mol. The lowest BCUT2D eigenvalue weighted by atomic mass is 10.2. The number of non-ortho nitro benzene ring substituents is 1. The SMILES string of the molecule is Cc1c(C(=O)NCCS(=O)(=O)N2CC(C)OC(C)C2)nnn1-c1cccc([N+](=O)[O-])c1. The van der Waals surface area contributed by atoms with Gasteiger partial charge in [-0.2, -0.15) is 4.31 Å². The van der Waals surface area contributed by atoms with E-state index in [1.807, 2.05) is 13.8 Å². The van der Waals surface area contributed by atoms with Gasteiger partial charge in [-0.3, -0.25) is 14.9 Å². The number of morpholine rings is 1. The second-order valence-corrected chi connectivity index (χ2v) is 9.45. The Hall–Kier alpha value is -2.90. The first-order chi connectivity index (χ1) is 14.6. The van der Waals surface area contributed by atoms with E-state index in [0.29, 0.717) is 11.4 Å². The Balaban J connectivity index is 1.64. The molecular weight excluding hydrogens is 428 g/mol. The van der Waals surface area contributed by atoms with Crippen LogP contribution in [0.1, 0.15) is 30.0 Å². The normalized spacial score (nSPS) is 19.8. The second kappa shape index (κ2) is 9.08. The van der Waals surface area contributed by atoms with Crippen LogP contribution in [0.15, 0.2) is 24.3 Å². The first-order valence-electron chi connectivity index (χ1n) is 9.67. The van der Waals surface area contributed by atoms with Crippen LogP contribution in [0.2, 0.25) is 0 Å². The molecule has 3 rings (SSSR count). The summed E-state index contributed by atoms with van der Waals surface area (Å²) in [7, 11) is -3.55. The minimum absolute atomic E-state index is 0.0116. The van der Waals surface area contributed by atoms with Gasteiger partial charge in [0, 0.05) is 31.8 Å². The highest BCUT2D eigenvalue weighted by atomic mass is 32.2. The minimum atomic E-state index is -3.55. The van der Waals surface area contributed by atoms with Gasteiger partial charge in [0.25, 0.3) is 11.6 Å². The Bertz CT molecular complexity index is 1070. The van der Waals surface area contributed by atoms with Gasteiger partial charge in [-0.05, 0) is 26.8 Å². The second-order valence-electron chi connectivity index (χ2n) is 7.36. The molecule has 12 nitrogen and oxygen atoms in total. The van der Waals surface area contributed by atoms with E-state index in [1.54, 1.807) is 13.0 Å². The van der Waals surface area contributed by atoms with Crippen LogP contribution < -0.4 is 5.32 Å². The Morgan fingerprint density at radius 1 is 1.32 bits per heavy atom. The highest BCUT2D eigenvalue weighted by Crippen LogP contribution is 2.18. The molecule has 0 saturated carbocycles. The Morgan fingerprint density at radius 3 is 2.65 bits per heavy atom. The largest absolute Gasteiger partial charge is 0.373 e. The van der Waals surface area contributed by atoms with Crippen LogP contribution in [-0.4, -0.2) is 76.1 Å². The lowest BCUT2D eigenvalue weighted by Gasteiger charge is -2.34. The van der Waals surface area contributed by atoms with Gasteiger partial charge in [-0.15, -0.1) is 5.10 Å². The Kier molecular flexibility index (Phi) is 6.67. The predicted octanol–water partition coefficient (Wildman–Crippen LogP) is 0.653. The number of hydrogen-bond acceptors (Lipinski definition) is 8. The third-order valence-electron chi connectivity index (χ3n) is 4.82. The fraction of sp³-hybridized carbons (Fsp3) is 0.500. The van der Waals surface area contributed by atoms with E-state index in [2.05, 4.69) is 15.6 Å². The summed E-state index contributed by atoms with van der Waals surface area (Å²) in [6.07, 6.45) is -0.390. The van der Waals surface area contributed by atoms with E-state index in [9.17, 15) is 23.3 Å². The molecule has 0 spiro atoms. The summed E-state index contributed by atoms with van der Waals surface area (Å²) in [6, 6.07) is 5.78. The van der Waals surface area contributed by atoms with Crippen molar-refractivity contribution in [1.29, 1.82) is 0 Å². The van der Waals surface area contributed by atoms with E-state index in [4.69, 9.17) is 4.74 Å². The molecule has 0 radical (unpaired) electrons. The number of aromatic nitrogens is 3. The fourth-order valence-corrected chi connectivity index (χ4v) is 4.88. The van der Waals surface area contributed by atoms with Gasteiger partial charge in [-0.1, -0.05) is 11.3 Å². The van der Waals surface area contributed by atoms with Gasteiger partial charge in [0.1, 0.15) is 0 Å². The monoisotopic (exact) mass is 452 g/mol. The molecule has 1 N–H and O–H groups in total. The van der Waals surface area contributed by atoms with Crippen LogP contribution >= 0.6 is 0 Å². The van der Waals surface area contributed by atoms with Crippen molar-refractivity contribution in [2.75, 3.05) is 25.4 Å². The minimum Gasteiger partial charge on any atom is -0.373 e. The number of nitro benzene ring substituents is 1. The zero-order chi connectivity index (χ0) is 22.8. The van der Waals surface area contributed by atoms with Crippen LogP contribution in [0.3, 0.4) is 0 Å². The van der Waals surface area contributed by atoms with Gasteiger partial charge < -0.3 is 10.1 Å². The average molecular weight is 452 g/mol. The summed E-state index contributed by atoms with van der Waals surface area (Å²) in [4.78, 5) is 22.9. The number of nitrogens with zero attached hydrogens (tertiary/aromatic N) is 5. The number of nitro groups is 1. The van der Waals surface area contributed by atoms with Crippen LogP contribution in [0.5, 0.6) is 0 Å². The smallest absolute Gasteiger partial charge is 0.273 e. The molecule has 1 aromatic heterocycles. The van der Waals surface area contributed by atoms with E-state index in [1.165, 1.54) is 27.2 Å². The van der Waals surface area contributed by atoms with Crippen molar-refractivity contribution < 1.29 is 22.9 Å². The molecule has 1 aromatic carbocycles. The molecule has 2 heterocycles. The first-order valence-corrected chi connectivity index (χ1v) is 11.3. The summed E-state index contributed by atoms with van der Waals surface area (Å²) >= 11 is 0. The van der Waals surface area contributed by atoms with Crippen molar-refractivity contribution >= 4 is 21.6 Å². The van der Waals surface area contributed by atoms with E-state index < -0.39 is 20.9 Å². The van der Waals surface area contributed by atoms with Crippen molar-refractivity contribution in [2.24, 2.45) is 0 Å². The third-order valence-corrected chi connectivity index (χ3v) is 6.62. The van der Waals surface area contributed by atoms with E-state index >= 15 is 0 Å². The molecule has 0 aliphatic carbocycles. The number of benzene rings is 1. The third kappa shape index (κ3) is 5.24. The fourth-order valence-electron chi connectivity index (χ4n) is 3.39. The molecule has 31 heavy (non-hydrogen) atoms. The number of hydrogen-bond donors (Lipinski definition) is 1. The molecule has 2 aromatic rings. The number of carbonyl (C=O) groups excluding carboxylic acids is 1. The van der Waals surface area contributed by atoms with Crippen LogP contribution in [-0.2, 0) is 14.8 Å². The van der Waals surface area contributed by atoms with Gasteiger partial charge in [0.15, 0.2) is 5.69 Å². The molecule has 1 aliphatic rings. The molecule has 1 saturated heterocycles. The number of nitrogens with one attached hydrogen (secondary N) is 1. The van der Waals surface area contributed by atoms with Crippen LogP contribution in [0, 0.1) is 17.0 Å². The van der Waals surface area contributed by atoms with Crippen molar-refractivity contribution in [3.63, 3.8) is 0 Å². The van der Waals surface area contributed by atoms with Gasteiger partial charge in [0.2, 0.25) is 10.0 Å². The zero-order valence-corrected chi connectivity index (χ0v) is 18.2. The topological polar surface area (TPSA) is 150 Å². The van der Waals surface area contributed by atoms with Crippen LogP contribution in [0.4, 0.5) is 5.69 Å². The maximum atomic E-state index is 12.6. The average Bonchev–Trinajstić information content (AvgIpc) is 3.08. The standard InChI is InChI=1S/C18H24N6O6S/c1-12-10-22(11-13(2)30-12)31(28,29)8-7-19-18(25)17-14(3)23(21-20-17)15-5-4-6-16(9-15)24(26)27/h4-6,9,12-13H,7-8,10-11H2,1-3H3,(H,19,25). The van der Waals surface area contributed by atoms with Gasteiger partial charge in [0.05, 0.1) is 34.3 Å². The molecular formula is C18H24N6O6S. The molecule has 13 heteroatoms. The van der Waals surface area contributed by atoms with Gasteiger partial charge >= 0.3 is 0 Å². The molecule has 1 amide bonds. The summed E-state index contributed by atoms with van der Waals surface area (Å²) < 4.78 is 33.4. The molecule has 2 unspecified atom stereocenters. The maximum Gasteiger partial charge on any atom is 0.273 e. The number of rotatable bonds is 7. The molecule has 168 valence electrons. The zero-order valence-electron chi connectivity index (χ0n) is 17.4. The van der Waals surface area contributed by atoms with Crippen molar-refractivity contribution in [3.05, 3.63) is 45.8 Å². The summed E-state index contributed by atoms with van der Waals surface area (Å²) in [5.74, 6) is -0.830. The van der Waals surface area contributed by atoms with E-state index in [-0.39, 0.29) is 49.0 Å². The Morgan fingerprint density at radius 2 is 2.00 bits per heavy atom. The lowest BCUT2D eigenvalue weighted by Crippen LogP contribution is -2.49. The highest BCUT2D eigenvalue weighted by Gasteiger charge is 2.31. The Labute approximate surface area is 179 Å². The quantitative estimate of drug-likeness (QED) is 0.475. The first kappa shape index (κ1) is 22.8. The van der Waals surface area contributed by atoms with Crippen molar-refractivity contribution in [1.82, 2.24) is 24.6 Å². The molecule has 2 atom stereocenters. The maximum absolute atomic E-state index is 12.6. The van der Waals surface area contributed by atoms with Gasteiger partial charge in [-0.25, -0.2) is 13.1 Å². The van der Waals surface area contributed by atoms with Crippen molar-refractivity contribution in [2.45, 2.75) is 33.0 Å². The van der Waals surface area contributed by atoms with E-state index in [0.717, 1.165) is 0 Å². The lowest BCUT2D eigenvalue weighted by molar-refractivity contribution is -0.384. The summed E-state index contributed by atoms with van der Waals surface area (Å²) in [5, 5.41) is 21.3. The number of sulfonamides is 1. The molecule has 0 bridgehead atoms. The van der Waals surface area contributed by atoms with Crippen LogP contribution in [0.25, 0.3) is 5.69 Å². The number of ether oxygens (including phenoxy) is 1. The molecule has 1 aliphatic heterocycles. The number of carbonyl (C=O) groups is 1. The summed E-state index contributed by atoms with van der Waals surface area (Å²) in [5.41, 5.74) is 0.654. The van der Waals surface area contributed by atoms with Crippen molar-refractivity contribution in [3.8, 4) is 5.69 Å². The molecule has 1 fully saturated rings. The number of amides is 1. The highest BCUT2D eigenvalue weighted by molar-refractivity contribution is 7.89. The summed E-state index contributed by atoms with van der Waals surface area (Å²) in [6.45, 7) is 5.68.